The number of anilines is 1. The van der Waals surface area contributed by atoms with E-state index in [9.17, 15) is 9.59 Å². The summed E-state index contributed by atoms with van der Waals surface area (Å²) in [6, 6.07) is 5.73. The minimum atomic E-state index is -0.104. The third-order valence-corrected chi connectivity index (χ3v) is 6.49. The van der Waals surface area contributed by atoms with E-state index >= 15 is 0 Å². The molecule has 0 aromatic heterocycles. The van der Waals surface area contributed by atoms with Crippen molar-refractivity contribution in [2.45, 2.75) is 64.5 Å². The summed E-state index contributed by atoms with van der Waals surface area (Å²) in [5, 5.41) is 2.79. The molecule has 6 heteroatoms. The van der Waals surface area contributed by atoms with E-state index in [1.54, 1.807) is 6.07 Å². The molecule has 0 saturated carbocycles. The van der Waals surface area contributed by atoms with Crippen LogP contribution in [0.2, 0.25) is 0 Å². The average Bonchev–Trinajstić information content (AvgIpc) is 2.97. The summed E-state index contributed by atoms with van der Waals surface area (Å²) in [5.74, 6) is 0.608. The Hall–Kier alpha value is -2.08. The first-order valence-corrected chi connectivity index (χ1v) is 10.3. The van der Waals surface area contributed by atoms with Crippen LogP contribution in [0.3, 0.4) is 0 Å². The third kappa shape index (κ3) is 4.32. The lowest BCUT2D eigenvalue weighted by Gasteiger charge is -2.43. The topological polar surface area (TPSA) is 61.9 Å². The number of carbonyl (C=O) groups is 2. The number of likely N-dealkylation sites (N-methyl/N-ethyl adjacent to an activating group) is 1. The van der Waals surface area contributed by atoms with Gasteiger partial charge < -0.3 is 15.0 Å². The van der Waals surface area contributed by atoms with Crippen LogP contribution in [0.1, 0.15) is 51.5 Å². The maximum absolute atomic E-state index is 12.9. The van der Waals surface area contributed by atoms with Gasteiger partial charge in [0, 0.05) is 30.7 Å². The molecular formula is C22H33N3O3. The van der Waals surface area contributed by atoms with Crippen LogP contribution < -0.4 is 10.1 Å². The molecule has 2 atom stereocenters. The smallest absolute Gasteiger partial charge is 0.260 e. The van der Waals surface area contributed by atoms with Crippen LogP contribution in [0.4, 0.5) is 5.69 Å². The van der Waals surface area contributed by atoms with E-state index in [0.717, 1.165) is 37.2 Å². The second-order valence-corrected chi connectivity index (χ2v) is 8.43. The molecule has 0 aliphatic carbocycles. The molecule has 6 nitrogen and oxygen atoms in total. The summed E-state index contributed by atoms with van der Waals surface area (Å²) in [5.41, 5.74) is 1.74. The van der Waals surface area contributed by atoms with Crippen LogP contribution in [-0.4, -0.2) is 59.9 Å². The summed E-state index contributed by atoms with van der Waals surface area (Å²) < 4.78 is 5.80. The Bertz CT molecular complexity index is 736. The van der Waals surface area contributed by atoms with Crippen LogP contribution in [0.5, 0.6) is 5.75 Å². The van der Waals surface area contributed by atoms with Gasteiger partial charge in [-0.25, -0.2) is 0 Å². The highest BCUT2D eigenvalue weighted by atomic mass is 16.5. The molecule has 1 N–H and O–H groups in total. The second kappa shape index (κ2) is 8.52. The Balaban J connectivity index is 1.63. The lowest BCUT2D eigenvalue weighted by molar-refractivity contribution is -0.135. The molecule has 154 valence electrons. The molecule has 2 heterocycles. The minimum absolute atomic E-state index is 0.0508. The zero-order valence-electron chi connectivity index (χ0n) is 17.6. The van der Waals surface area contributed by atoms with E-state index in [1.807, 2.05) is 24.0 Å². The van der Waals surface area contributed by atoms with E-state index in [1.165, 1.54) is 26.2 Å². The molecule has 2 aliphatic heterocycles. The van der Waals surface area contributed by atoms with Gasteiger partial charge >= 0.3 is 0 Å². The van der Waals surface area contributed by atoms with Gasteiger partial charge in [-0.2, -0.15) is 0 Å². The van der Waals surface area contributed by atoms with Crippen LogP contribution in [0.15, 0.2) is 18.2 Å². The minimum Gasteiger partial charge on any atom is -0.484 e. The Labute approximate surface area is 168 Å². The standard InChI is InChI=1S/C22H33N3O3/c1-16-14-18(9-10-19(16)23-17(2)26)28-15-21(27)25-13-11-22(3)20(25)8-6-5-7-12-24(22)4/h9-10,14,20H,5-8,11-13,15H2,1-4H3,(H,23,26)/t20-,22-/m0/s1. The highest BCUT2D eigenvalue weighted by molar-refractivity contribution is 5.89. The first kappa shape index (κ1) is 20.6. The highest BCUT2D eigenvalue weighted by Gasteiger charge is 2.48. The van der Waals surface area contributed by atoms with Crippen molar-refractivity contribution in [2.75, 3.05) is 32.1 Å². The summed E-state index contributed by atoms with van der Waals surface area (Å²) in [6.45, 7) is 7.66. The molecule has 0 unspecified atom stereocenters. The first-order valence-electron chi connectivity index (χ1n) is 10.3. The van der Waals surface area contributed by atoms with Crippen molar-refractivity contribution in [1.82, 2.24) is 9.80 Å². The number of hydrogen-bond acceptors (Lipinski definition) is 4. The first-order chi connectivity index (χ1) is 13.3. The second-order valence-electron chi connectivity index (χ2n) is 8.43. The number of benzene rings is 1. The Morgan fingerprint density at radius 2 is 2.04 bits per heavy atom. The molecule has 2 fully saturated rings. The SMILES string of the molecule is CC(=O)Nc1ccc(OCC(=O)N2CC[C@@]3(C)[C@@H]2CCCCCN3C)cc1C. The fraction of sp³-hybridized carbons (Fsp3) is 0.636. The molecule has 3 rings (SSSR count). The number of amides is 2. The fourth-order valence-electron chi connectivity index (χ4n) is 4.62. The van der Waals surface area contributed by atoms with E-state index in [2.05, 4.69) is 24.2 Å². The van der Waals surface area contributed by atoms with E-state index in [4.69, 9.17) is 4.74 Å². The maximum Gasteiger partial charge on any atom is 0.260 e. The zero-order valence-corrected chi connectivity index (χ0v) is 17.6. The number of hydrogen-bond donors (Lipinski definition) is 1. The lowest BCUT2D eigenvalue weighted by Crippen LogP contribution is -2.55. The van der Waals surface area contributed by atoms with Gasteiger partial charge in [0.15, 0.2) is 6.61 Å². The quantitative estimate of drug-likeness (QED) is 0.862. The van der Waals surface area contributed by atoms with Gasteiger partial charge in [0.2, 0.25) is 5.91 Å². The molecular weight excluding hydrogens is 354 g/mol. The van der Waals surface area contributed by atoms with Gasteiger partial charge in [0.1, 0.15) is 5.75 Å². The Kier molecular flexibility index (Phi) is 6.28. The van der Waals surface area contributed by atoms with Crippen molar-refractivity contribution in [3.8, 4) is 5.75 Å². The van der Waals surface area contributed by atoms with Crippen molar-refractivity contribution in [1.29, 1.82) is 0 Å². The Morgan fingerprint density at radius 1 is 1.25 bits per heavy atom. The predicted octanol–water partition coefficient (Wildman–Crippen LogP) is 3.20. The number of nitrogens with one attached hydrogen (secondary N) is 1. The fourth-order valence-corrected chi connectivity index (χ4v) is 4.62. The van der Waals surface area contributed by atoms with E-state index in [-0.39, 0.29) is 30.0 Å². The molecule has 1 aromatic carbocycles. The van der Waals surface area contributed by atoms with Crippen LogP contribution in [0.25, 0.3) is 0 Å². The van der Waals surface area contributed by atoms with Crippen LogP contribution >= 0.6 is 0 Å². The number of fused-ring (bicyclic) bond motifs is 1. The van der Waals surface area contributed by atoms with Gasteiger partial charge in [-0.15, -0.1) is 0 Å². The average molecular weight is 388 g/mol. The molecule has 2 aliphatic rings. The van der Waals surface area contributed by atoms with Crippen molar-refractivity contribution < 1.29 is 14.3 Å². The highest BCUT2D eigenvalue weighted by Crippen LogP contribution is 2.37. The van der Waals surface area contributed by atoms with Crippen LogP contribution in [-0.2, 0) is 9.59 Å². The van der Waals surface area contributed by atoms with E-state index < -0.39 is 0 Å². The molecule has 2 saturated heterocycles. The maximum atomic E-state index is 12.9. The van der Waals surface area contributed by atoms with Gasteiger partial charge in [0.25, 0.3) is 5.91 Å². The molecule has 0 bridgehead atoms. The number of rotatable bonds is 4. The lowest BCUT2D eigenvalue weighted by atomic mass is 9.85. The number of aryl methyl sites for hydroxylation is 1. The van der Waals surface area contributed by atoms with Crippen molar-refractivity contribution >= 4 is 17.5 Å². The largest absolute Gasteiger partial charge is 0.484 e. The monoisotopic (exact) mass is 387 g/mol. The summed E-state index contributed by atoms with van der Waals surface area (Å²) in [6.07, 6.45) is 5.74. The molecule has 2 amide bonds. The normalized spacial score (nSPS) is 25.6. The summed E-state index contributed by atoms with van der Waals surface area (Å²) in [7, 11) is 2.20. The van der Waals surface area contributed by atoms with Gasteiger partial charge in [-0.1, -0.05) is 12.8 Å². The van der Waals surface area contributed by atoms with Crippen molar-refractivity contribution in [2.24, 2.45) is 0 Å². The van der Waals surface area contributed by atoms with Crippen molar-refractivity contribution in [3.63, 3.8) is 0 Å². The number of likely N-dealkylation sites (tertiary alicyclic amines) is 2. The van der Waals surface area contributed by atoms with Gasteiger partial charge in [-0.3, -0.25) is 14.5 Å². The molecule has 1 aromatic rings. The molecule has 0 radical (unpaired) electrons. The number of carbonyl (C=O) groups excluding carboxylic acids is 2. The number of nitrogens with zero attached hydrogens (tertiary/aromatic N) is 2. The number of ether oxygens (including phenoxy) is 1. The summed E-state index contributed by atoms with van der Waals surface area (Å²) in [4.78, 5) is 28.7. The van der Waals surface area contributed by atoms with Crippen molar-refractivity contribution in [3.05, 3.63) is 23.8 Å². The zero-order chi connectivity index (χ0) is 20.3. The predicted molar refractivity (Wildman–Crippen MR) is 111 cm³/mol. The molecule has 28 heavy (non-hydrogen) atoms. The summed E-state index contributed by atoms with van der Waals surface area (Å²) >= 11 is 0. The third-order valence-electron chi connectivity index (χ3n) is 6.49. The molecule has 0 spiro atoms. The van der Waals surface area contributed by atoms with Gasteiger partial charge in [-0.05, 0) is 70.5 Å². The Morgan fingerprint density at radius 3 is 2.75 bits per heavy atom. The van der Waals surface area contributed by atoms with Crippen LogP contribution in [0, 0.1) is 6.92 Å². The van der Waals surface area contributed by atoms with Gasteiger partial charge in [0.05, 0.1) is 0 Å². The van der Waals surface area contributed by atoms with E-state index in [0.29, 0.717) is 5.75 Å².